The lowest BCUT2D eigenvalue weighted by atomic mass is 10.0. The van der Waals surface area contributed by atoms with Crippen molar-refractivity contribution < 1.29 is 18.0 Å². The molecule has 1 aliphatic rings. The summed E-state index contributed by atoms with van der Waals surface area (Å²) in [5.74, 6) is -1.38. The second-order valence-electron chi connectivity index (χ2n) is 5.18. The van der Waals surface area contributed by atoms with Gasteiger partial charge < -0.3 is 10.2 Å². The molecular weight excluding hydrogens is 379 g/mol. The van der Waals surface area contributed by atoms with E-state index >= 15 is 0 Å². The van der Waals surface area contributed by atoms with Crippen LogP contribution >= 0.6 is 22.9 Å². The van der Waals surface area contributed by atoms with Crippen molar-refractivity contribution in [3.63, 3.8) is 0 Å². The highest BCUT2D eigenvalue weighted by molar-refractivity contribution is 7.14. The molecule has 0 spiro atoms. The van der Waals surface area contributed by atoms with E-state index in [-0.39, 0.29) is 28.8 Å². The van der Waals surface area contributed by atoms with E-state index in [9.17, 15) is 18.0 Å². The van der Waals surface area contributed by atoms with Gasteiger partial charge in [0.2, 0.25) is 0 Å². The maximum absolute atomic E-state index is 12.6. The molecule has 0 fully saturated rings. The number of hydrogen-bond donors (Lipinski definition) is 1. The summed E-state index contributed by atoms with van der Waals surface area (Å²) in [6, 6.07) is 3.06. The number of alkyl halides is 3. The zero-order chi connectivity index (χ0) is 18.0. The standard InChI is InChI=1S/C14H11ClF3N5OS/c15-12-11(19-7-25-12)13(24)20-9-1-2-10(22-21-9)23-5-3-8(4-6-23)14(16,17)18/h1-3,5,7-8H,4,6H2,(H,20,21,24). The Balaban J connectivity index is 1.65. The molecule has 2 aromatic heterocycles. The van der Waals surface area contributed by atoms with E-state index in [1.165, 1.54) is 17.8 Å². The fourth-order valence-electron chi connectivity index (χ4n) is 2.22. The summed E-state index contributed by atoms with van der Waals surface area (Å²) < 4.78 is 38.2. The van der Waals surface area contributed by atoms with E-state index in [0.29, 0.717) is 5.82 Å². The molecular formula is C14H11ClF3N5OS. The van der Waals surface area contributed by atoms with Gasteiger partial charge in [-0.1, -0.05) is 17.7 Å². The third kappa shape index (κ3) is 4.07. The van der Waals surface area contributed by atoms with Crippen LogP contribution in [0.15, 0.2) is 29.9 Å². The molecule has 3 heterocycles. The fourth-order valence-corrected chi connectivity index (χ4v) is 2.98. The molecule has 0 aromatic carbocycles. The first kappa shape index (κ1) is 17.6. The predicted molar refractivity (Wildman–Crippen MR) is 87.8 cm³/mol. The topological polar surface area (TPSA) is 71.0 Å². The van der Waals surface area contributed by atoms with Crippen LogP contribution in [0.2, 0.25) is 4.34 Å². The average molecular weight is 390 g/mol. The number of amides is 1. The first-order chi connectivity index (χ1) is 11.8. The van der Waals surface area contributed by atoms with Crippen LogP contribution in [-0.4, -0.2) is 33.8 Å². The third-order valence-electron chi connectivity index (χ3n) is 3.53. The molecule has 0 saturated carbocycles. The number of rotatable bonds is 3. The smallest absolute Gasteiger partial charge is 0.332 e. The minimum Gasteiger partial charge on any atom is -0.332 e. The van der Waals surface area contributed by atoms with E-state index in [2.05, 4.69) is 20.5 Å². The van der Waals surface area contributed by atoms with Gasteiger partial charge in [-0.05, 0) is 18.6 Å². The first-order valence-electron chi connectivity index (χ1n) is 7.10. The van der Waals surface area contributed by atoms with Gasteiger partial charge in [-0.2, -0.15) is 13.2 Å². The molecule has 25 heavy (non-hydrogen) atoms. The minimum atomic E-state index is -4.24. The average Bonchev–Trinajstić information content (AvgIpc) is 3.01. The number of nitrogens with one attached hydrogen (secondary N) is 1. The van der Waals surface area contributed by atoms with E-state index < -0.39 is 18.0 Å². The summed E-state index contributed by atoms with van der Waals surface area (Å²) in [6.45, 7) is 0.176. The second-order valence-corrected chi connectivity index (χ2v) is 6.63. The lowest BCUT2D eigenvalue weighted by Crippen LogP contribution is -2.31. The summed E-state index contributed by atoms with van der Waals surface area (Å²) in [4.78, 5) is 17.4. The van der Waals surface area contributed by atoms with Crippen LogP contribution in [0.3, 0.4) is 0 Å². The third-order valence-corrected chi connectivity index (χ3v) is 4.58. The molecule has 6 nitrogen and oxygen atoms in total. The van der Waals surface area contributed by atoms with Crippen molar-refractivity contribution in [2.75, 3.05) is 16.8 Å². The van der Waals surface area contributed by atoms with Crippen molar-refractivity contribution in [2.24, 2.45) is 5.92 Å². The lowest BCUT2D eigenvalue weighted by Gasteiger charge is -2.27. The molecule has 11 heteroatoms. The maximum Gasteiger partial charge on any atom is 0.395 e. The van der Waals surface area contributed by atoms with Gasteiger partial charge in [-0.3, -0.25) is 4.79 Å². The molecule has 0 aliphatic carbocycles. The Kier molecular flexibility index (Phi) is 4.91. The lowest BCUT2D eigenvalue weighted by molar-refractivity contribution is -0.162. The van der Waals surface area contributed by atoms with Gasteiger partial charge in [0.1, 0.15) is 4.34 Å². The number of allylic oxidation sites excluding steroid dienone is 1. The summed E-state index contributed by atoms with van der Waals surface area (Å²) in [5.41, 5.74) is 1.54. The van der Waals surface area contributed by atoms with Crippen LogP contribution in [0, 0.1) is 5.92 Å². The van der Waals surface area contributed by atoms with Crippen molar-refractivity contribution >= 4 is 40.5 Å². The van der Waals surface area contributed by atoms with E-state index in [0.717, 1.165) is 17.4 Å². The fraction of sp³-hybridized carbons (Fsp3) is 0.286. The van der Waals surface area contributed by atoms with Gasteiger partial charge >= 0.3 is 6.18 Å². The van der Waals surface area contributed by atoms with Gasteiger partial charge in [0.05, 0.1) is 11.4 Å². The summed E-state index contributed by atoms with van der Waals surface area (Å²) in [7, 11) is 0. The molecule has 1 amide bonds. The summed E-state index contributed by atoms with van der Waals surface area (Å²) in [5, 5.41) is 10.3. The SMILES string of the molecule is O=C(Nc1ccc(N2C=CC(C(F)(F)F)CC2)nn1)c1ncsc1Cl. The van der Waals surface area contributed by atoms with Crippen LogP contribution in [-0.2, 0) is 0 Å². The molecule has 1 N–H and O–H groups in total. The van der Waals surface area contributed by atoms with Crippen LogP contribution in [0.5, 0.6) is 0 Å². The van der Waals surface area contributed by atoms with Crippen molar-refractivity contribution in [3.05, 3.63) is 39.9 Å². The van der Waals surface area contributed by atoms with Crippen molar-refractivity contribution in [3.8, 4) is 0 Å². The molecule has 2 aromatic rings. The quantitative estimate of drug-likeness (QED) is 0.865. The Morgan fingerprint density at radius 3 is 2.68 bits per heavy atom. The molecule has 1 atom stereocenters. The number of anilines is 2. The van der Waals surface area contributed by atoms with Gasteiger partial charge in [-0.25, -0.2) is 4.98 Å². The normalized spacial score (nSPS) is 17.6. The van der Waals surface area contributed by atoms with Crippen LogP contribution in [0.4, 0.5) is 24.8 Å². The van der Waals surface area contributed by atoms with Gasteiger partial charge in [0, 0.05) is 12.7 Å². The number of nitrogens with zero attached hydrogens (tertiary/aromatic N) is 4. The molecule has 0 radical (unpaired) electrons. The van der Waals surface area contributed by atoms with E-state index in [1.807, 2.05) is 0 Å². The second kappa shape index (κ2) is 6.96. The zero-order valence-electron chi connectivity index (χ0n) is 12.5. The maximum atomic E-state index is 12.6. The highest BCUT2D eigenvalue weighted by Gasteiger charge is 2.39. The summed E-state index contributed by atoms with van der Waals surface area (Å²) in [6.07, 6.45) is -1.84. The van der Waals surface area contributed by atoms with Gasteiger partial charge in [0.15, 0.2) is 17.3 Å². The molecule has 1 unspecified atom stereocenters. The molecule has 1 aliphatic heterocycles. The highest BCUT2D eigenvalue weighted by atomic mass is 35.5. The molecule has 0 bridgehead atoms. The first-order valence-corrected chi connectivity index (χ1v) is 8.36. The van der Waals surface area contributed by atoms with Gasteiger partial charge in [-0.15, -0.1) is 21.5 Å². The number of halogens is 4. The number of carbonyl (C=O) groups is 1. The number of hydrogen-bond acceptors (Lipinski definition) is 6. The molecule has 0 saturated heterocycles. The molecule has 132 valence electrons. The van der Waals surface area contributed by atoms with Crippen molar-refractivity contribution in [2.45, 2.75) is 12.6 Å². The zero-order valence-corrected chi connectivity index (χ0v) is 14.1. The number of aromatic nitrogens is 3. The Morgan fingerprint density at radius 1 is 1.36 bits per heavy atom. The Hall–Kier alpha value is -2.20. The number of carbonyl (C=O) groups excluding carboxylic acids is 1. The van der Waals surface area contributed by atoms with Gasteiger partial charge in [0.25, 0.3) is 5.91 Å². The Labute approximate surface area is 149 Å². The largest absolute Gasteiger partial charge is 0.395 e. The van der Waals surface area contributed by atoms with Crippen LogP contribution in [0.25, 0.3) is 0 Å². The Morgan fingerprint density at radius 2 is 2.16 bits per heavy atom. The minimum absolute atomic E-state index is 0.0531. The highest BCUT2D eigenvalue weighted by Crippen LogP contribution is 2.33. The van der Waals surface area contributed by atoms with Crippen LogP contribution < -0.4 is 10.2 Å². The van der Waals surface area contributed by atoms with Crippen molar-refractivity contribution in [1.29, 1.82) is 0 Å². The van der Waals surface area contributed by atoms with Crippen molar-refractivity contribution in [1.82, 2.24) is 15.2 Å². The summed E-state index contributed by atoms with van der Waals surface area (Å²) >= 11 is 6.97. The monoisotopic (exact) mass is 389 g/mol. The number of thiazole rings is 1. The Bertz CT molecular complexity index is 793. The van der Waals surface area contributed by atoms with Crippen LogP contribution in [0.1, 0.15) is 16.9 Å². The molecule has 3 rings (SSSR count). The predicted octanol–water partition coefficient (Wildman–Crippen LogP) is 3.74. The van der Waals surface area contributed by atoms with E-state index in [4.69, 9.17) is 11.6 Å². The van der Waals surface area contributed by atoms with E-state index in [1.54, 1.807) is 11.0 Å².